The van der Waals surface area contributed by atoms with Gasteiger partial charge in [0.2, 0.25) is 0 Å². The van der Waals surface area contributed by atoms with E-state index in [0.717, 1.165) is 5.56 Å². The van der Waals surface area contributed by atoms with Crippen molar-refractivity contribution in [3.63, 3.8) is 0 Å². The van der Waals surface area contributed by atoms with Gasteiger partial charge in [-0.3, -0.25) is 9.59 Å². The van der Waals surface area contributed by atoms with Gasteiger partial charge in [-0.15, -0.1) is 0 Å². The first-order valence-electron chi connectivity index (χ1n) is 10.7. The molecule has 0 aliphatic carbocycles. The van der Waals surface area contributed by atoms with Gasteiger partial charge in [-0.1, -0.05) is 17.7 Å². The van der Waals surface area contributed by atoms with Crippen molar-refractivity contribution in [2.75, 3.05) is 19.0 Å². The Morgan fingerprint density at radius 1 is 1.17 bits per heavy atom. The number of carbonyl (C=O) groups is 2. The van der Waals surface area contributed by atoms with E-state index in [2.05, 4.69) is 38.2 Å². The van der Waals surface area contributed by atoms with Gasteiger partial charge in [0.15, 0.2) is 23.3 Å². The van der Waals surface area contributed by atoms with E-state index in [1.807, 2.05) is 37.3 Å². The van der Waals surface area contributed by atoms with E-state index < -0.39 is 0 Å². The number of benzene rings is 3. The molecule has 0 aromatic heterocycles. The zero-order valence-electron chi connectivity index (χ0n) is 19.3. The molecule has 0 atom stereocenters. The summed E-state index contributed by atoms with van der Waals surface area (Å²) >= 11 is 3.28. The molecule has 0 unspecified atom stereocenters. The smallest absolute Gasteiger partial charge is 0.264 e. The van der Waals surface area contributed by atoms with E-state index in [9.17, 15) is 14.0 Å². The Morgan fingerprint density at radius 2 is 1.89 bits per heavy atom. The number of methoxy groups -OCH3 is 1. The lowest BCUT2D eigenvalue weighted by Crippen LogP contribution is -2.20. The minimum absolute atomic E-state index is 0.192. The number of aryl methyl sites for hydroxylation is 1. The highest BCUT2D eigenvalue weighted by atomic mass is 127. The predicted molar refractivity (Wildman–Crippen MR) is 148 cm³/mol. The van der Waals surface area contributed by atoms with Crippen molar-refractivity contribution in [2.24, 2.45) is 4.99 Å². The first-order chi connectivity index (χ1) is 17.3. The maximum absolute atomic E-state index is 13.1. The molecule has 1 heterocycles. The summed E-state index contributed by atoms with van der Waals surface area (Å²) < 4.78 is 25.1. The number of hydrogen-bond donors (Lipinski definition) is 2. The van der Waals surface area contributed by atoms with Crippen LogP contribution in [0.3, 0.4) is 0 Å². The Kier molecular flexibility index (Phi) is 8.26. The van der Waals surface area contributed by atoms with Gasteiger partial charge in [0, 0.05) is 5.69 Å². The lowest BCUT2D eigenvalue weighted by molar-refractivity contribution is -0.118. The van der Waals surface area contributed by atoms with Crippen LogP contribution in [0.5, 0.6) is 11.5 Å². The van der Waals surface area contributed by atoms with Crippen LogP contribution < -0.4 is 20.1 Å². The molecule has 0 bridgehead atoms. The summed E-state index contributed by atoms with van der Waals surface area (Å²) in [6.45, 7) is 1.78. The molecule has 2 amide bonds. The van der Waals surface area contributed by atoms with Gasteiger partial charge >= 0.3 is 0 Å². The Bertz CT molecular complexity index is 1360. The van der Waals surface area contributed by atoms with Crippen LogP contribution in [0, 0.1) is 16.3 Å². The molecule has 0 saturated carbocycles. The summed E-state index contributed by atoms with van der Waals surface area (Å²) in [5.74, 6) is -0.0785. The molecule has 2 N–H and O–H groups in total. The second-order valence-electron chi connectivity index (χ2n) is 7.70. The fourth-order valence-electron chi connectivity index (χ4n) is 3.20. The fourth-order valence-corrected chi connectivity index (χ4v) is 4.82. The molecular weight excluding hydrogens is 596 g/mol. The van der Waals surface area contributed by atoms with Crippen LogP contribution in [0.2, 0.25) is 0 Å². The Hall–Kier alpha value is -3.38. The van der Waals surface area contributed by atoms with Gasteiger partial charge in [-0.25, -0.2) is 9.38 Å². The molecule has 4 rings (SSSR count). The maximum atomic E-state index is 13.1. The number of nitrogens with zero attached hydrogens (tertiary/aromatic N) is 1. The molecule has 36 heavy (non-hydrogen) atoms. The minimum atomic E-state index is -0.356. The summed E-state index contributed by atoms with van der Waals surface area (Å²) in [4.78, 5) is 29.6. The number of rotatable bonds is 7. The number of amidine groups is 1. The highest BCUT2D eigenvalue weighted by Crippen LogP contribution is 2.36. The van der Waals surface area contributed by atoms with Gasteiger partial charge in [0.1, 0.15) is 5.82 Å². The van der Waals surface area contributed by atoms with Crippen LogP contribution in [0.4, 0.5) is 15.8 Å². The minimum Gasteiger partial charge on any atom is -0.493 e. The standard InChI is InChI=1S/C26H21FIN3O4S/c1-15-3-7-18(8-4-15)29-23(32)14-35-24-20(28)11-16(12-21(24)34-2)13-22-25(33)31-26(36-22)30-19-9-5-17(27)6-10-19/h3-13H,14H2,1-2H3,(H,29,32)(H,30,31,33)/b22-13+. The highest BCUT2D eigenvalue weighted by molar-refractivity contribution is 14.1. The zero-order chi connectivity index (χ0) is 25.7. The third kappa shape index (κ3) is 6.64. The Morgan fingerprint density at radius 3 is 2.58 bits per heavy atom. The van der Waals surface area contributed by atoms with Gasteiger partial charge in [-0.2, -0.15) is 0 Å². The summed E-state index contributed by atoms with van der Waals surface area (Å²) in [6, 6.07) is 16.7. The summed E-state index contributed by atoms with van der Waals surface area (Å²) in [6.07, 6.45) is 1.71. The molecule has 1 saturated heterocycles. The molecule has 3 aromatic rings. The van der Waals surface area contributed by atoms with Crippen molar-refractivity contribution in [1.29, 1.82) is 0 Å². The predicted octanol–water partition coefficient (Wildman–Crippen LogP) is 5.66. The molecule has 0 spiro atoms. The monoisotopic (exact) mass is 617 g/mol. The second-order valence-corrected chi connectivity index (χ2v) is 9.89. The highest BCUT2D eigenvalue weighted by Gasteiger charge is 2.24. The number of thioether (sulfide) groups is 1. The van der Waals surface area contributed by atoms with Gasteiger partial charge in [-0.05, 0) is 101 Å². The van der Waals surface area contributed by atoms with Gasteiger partial charge < -0.3 is 20.1 Å². The van der Waals surface area contributed by atoms with E-state index in [-0.39, 0.29) is 24.2 Å². The number of anilines is 1. The number of amides is 2. The number of hydrogen-bond acceptors (Lipinski definition) is 6. The van der Waals surface area contributed by atoms with Crippen LogP contribution in [0.25, 0.3) is 6.08 Å². The number of nitrogens with one attached hydrogen (secondary N) is 2. The third-order valence-electron chi connectivity index (χ3n) is 4.94. The van der Waals surface area contributed by atoms with E-state index in [1.54, 1.807) is 12.1 Å². The topological polar surface area (TPSA) is 89.0 Å². The normalized spacial score (nSPS) is 15.2. The van der Waals surface area contributed by atoms with Gasteiger partial charge in [0.05, 0.1) is 21.3 Å². The van der Waals surface area contributed by atoms with Crippen molar-refractivity contribution in [3.05, 3.63) is 86.1 Å². The molecule has 1 aliphatic heterocycles. The van der Waals surface area contributed by atoms with E-state index in [0.29, 0.717) is 42.1 Å². The second kappa shape index (κ2) is 11.6. The largest absolute Gasteiger partial charge is 0.493 e. The Labute approximate surface area is 225 Å². The summed E-state index contributed by atoms with van der Waals surface area (Å²) in [5.41, 5.74) is 3.04. The van der Waals surface area contributed by atoms with Crippen LogP contribution in [0.1, 0.15) is 11.1 Å². The first-order valence-corrected chi connectivity index (χ1v) is 12.6. The molecule has 10 heteroatoms. The average Bonchev–Trinajstić information content (AvgIpc) is 3.19. The Balaban J connectivity index is 1.45. The van der Waals surface area contributed by atoms with E-state index in [4.69, 9.17) is 9.47 Å². The lowest BCUT2D eigenvalue weighted by atomic mass is 10.2. The number of ether oxygens (including phenoxy) is 2. The molecule has 1 aliphatic rings. The number of carbonyl (C=O) groups excluding carboxylic acids is 2. The van der Waals surface area contributed by atoms with Crippen LogP contribution in [-0.4, -0.2) is 30.7 Å². The van der Waals surface area contributed by atoms with E-state index >= 15 is 0 Å². The van der Waals surface area contributed by atoms with Gasteiger partial charge in [0.25, 0.3) is 11.8 Å². The SMILES string of the molecule is COc1cc(/C=C2/SC(=Nc3ccc(F)cc3)NC2=O)cc(I)c1OCC(=O)Nc1ccc(C)cc1. The van der Waals surface area contributed by atoms with Crippen molar-refractivity contribution in [3.8, 4) is 11.5 Å². The molecule has 7 nitrogen and oxygen atoms in total. The molecule has 3 aromatic carbocycles. The maximum Gasteiger partial charge on any atom is 0.264 e. The molecule has 0 radical (unpaired) electrons. The third-order valence-corrected chi connectivity index (χ3v) is 6.65. The molecule has 184 valence electrons. The molecular formula is C26H21FIN3O4S. The van der Waals surface area contributed by atoms with Crippen molar-refractivity contribution in [1.82, 2.24) is 5.32 Å². The van der Waals surface area contributed by atoms with Crippen molar-refractivity contribution in [2.45, 2.75) is 6.92 Å². The number of halogens is 2. The quantitative estimate of drug-likeness (QED) is 0.264. The average molecular weight is 617 g/mol. The zero-order valence-corrected chi connectivity index (χ0v) is 22.3. The van der Waals surface area contributed by atoms with Crippen molar-refractivity contribution < 1.29 is 23.5 Å². The van der Waals surface area contributed by atoms with Crippen LogP contribution >= 0.6 is 34.4 Å². The number of aliphatic imine (C=N–C) groups is 1. The first kappa shape index (κ1) is 25.7. The summed E-state index contributed by atoms with van der Waals surface area (Å²) in [7, 11) is 1.51. The fraction of sp³-hybridized carbons (Fsp3) is 0.115. The molecule has 1 fully saturated rings. The van der Waals surface area contributed by atoms with Crippen LogP contribution in [-0.2, 0) is 9.59 Å². The summed E-state index contributed by atoms with van der Waals surface area (Å²) in [5, 5.41) is 5.90. The van der Waals surface area contributed by atoms with Crippen LogP contribution in [0.15, 0.2) is 70.6 Å². The van der Waals surface area contributed by atoms with E-state index in [1.165, 1.54) is 43.1 Å². The van der Waals surface area contributed by atoms with Crippen molar-refractivity contribution >= 4 is 68.8 Å². The lowest BCUT2D eigenvalue weighted by Gasteiger charge is -2.14.